The highest BCUT2D eigenvalue weighted by molar-refractivity contribution is 5.57. The van der Waals surface area contributed by atoms with E-state index >= 15 is 0 Å². The Kier molecular flexibility index (Phi) is 3.93. The van der Waals surface area contributed by atoms with Gasteiger partial charge in [0.05, 0.1) is 11.1 Å². The molecule has 2 nitrogen and oxygen atoms in total. The fourth-order valence-corrected chi connectivity index (χ4v) is 2.94. The zero-order valence-corrected chi connectivity index (χ0v) is 13.3. The number of anilines is 2. The molecule has 1 aromatic carbocycles. The van der Waals surface area contributed by atoms with Crippen molar-refractivity contribution in [2.75, 3.05) is 10.6 Å². The molecule has 2 unspecified atom stereocenters. The minimum atomic E-state index is 0.00652. The van der Waals surface area contributed by atoms with E-state index in [4.69, 9.17) is 0 Å². The van der Waals surface area contributed by atoms with Crippen molar-refractivity contribution >= 4 is 11.4 Å². The van der Waals surface area contributed by atoms with Crippen LogP contribution in [0.4, 0.5) is 11.4 Å². The van der Waals surface area contributed by atoms with Gasteiger partial charge in [-0.25, -0.2) is 0 Å². The fraction of sp³-hybridized carbons (Fsp3) is 0.300. The van der Waals surface area contributed by atoms with E-state index in [2.05, 4.69) is 97.4 Å². The van der Waals surface area contributed by atoms with Crippen LogP contribution in [0.25, 0.3) is 0 Å². The second kappa shape index (κ2) is 5.88. The molecule has 0 radical (unpaired) electrons. The van der Waals surface area contributed by atoms with Gasteiger partial charge in [0, 0.05) is 11.4 Å². The normalized spacial score (nSPS) is 29.5. The minimum absolute atomic E-state index is 0.00652. The Hall–Kier alpha value is -2.22. The Bertz CT molecular complexity index is 579. The summed E-state index contributed by atoms with van der Waals surface area (Å²) >= 11 is 0. The lowest BCUT2D eigenvalue weighted by Gasteiger charge is -2.31. The van der Waals surface area contributed by atoms with Crippen molar-refractivity contribution in [2.45, 2.75) is 37.8 Å². The summed E-state index contributed by atoms with van der Waals surface area (Å²) in [5, 5.41) is 7.21. The van der Waals surface area contributed by atoms with Gasteiger partial charge >= 0.3 is 0 Å². The van der Waals surface area contributed by atoms with Crippen LogP contribution in [0.5, 0.6) is 0 Å². The lowest BCUT2D eigenvalue weighted by Crippen LogP contribution is -2.33. The quantitative estimate of drug-likeness (QED) is 0.810. The van der Waals surface area contributed by atoms with E-state index in [1.807, 2.05) is 0 Å². The summed E-state index contributed by atoms with van der Waals surface area (Å²) in [7, 11) is 0. The summed E-state index contributed by atoms with van der Waals surface area (Å²) in [6.07, 6.45) is 19.3. The van der Waals surface area contributed by atoms with Crippen molar-refractivity contribution in [3.8, 4) is 0 Å². The summed E-state index contributed by atoms with van der Waals surface area (Å²) in [5.74, 6) is 0. The Morgan fingerprint density at radius 1 is 0.682 bits per heavy atom. The average Bonchev–Trinajstić information content (AvgIpc) is 2.50. The van der Waals surface area contributed by atoms with Gasteiger partial charge in [0.1, 0.15) is 0 Å². The molecule has 0 saturated carbocycles. The predicted molar refractivity (Wildman–Crippen MR) is 96.3 cm³/mol. The average molecular weight is 292 g/mol. The molecule has 3 rings (SSSR count). The van der Waals surface area contributed by atoms with Crippen LogP contribution in [0.3, 0.4) is 0 Å². The molecule has 22 heavy (non-hydrogen) atoms. The van der Waals surface area contributed by atoms with Crippen LogP contribution < -0.4 is 10.6 Å². The standard InChI is InChI=1S/C20H24N2/c1-19(13-5-3-6-14-19)21-17-9-11-18(12-10-17)22-20(2)15-7-4-8-16-20/h3-13,15,21-22H,14,16H2,1-2H3. The fourth-order valence-electron chi connectivity index (χ4n) is 2.94. The van der Waals surface area contributed by atoms with E-state index in [0.29, 0.717) is 0 Å². The molecule has 2 aliphatic rings. The van der Waals surface area contributed by atoms with Crippen molar-refractivity contribution in [2.24, 2.45) is 0 Å². The Labute approximate surface area is 133 Å². The van der Waals surface area contributed by atoms with Crippen LogP contribution in [-0.2, 0) is 0 Å². The van der Waals surface area contributed by atoms with Gasteiger partial charge < -0.3 is 10.6 Å². The number of hydrogen-bond acceptors (Lipinski definition) is 2. The minimum Gasteiger partial charge on any atom is -0.376 e. The first-order valence-electron chi connectivity index (χ1n) is 7.92. The van der Waals surface area contributed by atoms with Crippen molar-refractivity contribution < 1.29 is 0 Å². The molecular weight excluding hydrogens is 268 g/mol. The van der Waals surface area contributed by atoms with Crippen LogP contribution in [0.1, 0.15) is 26.7 Å². The third-order valence-electron chi connectivity index (χ3n) is 4.25. The number of rotatable bonds is 4. The number of hydrogen-bond donors (Lipinski definition) is 2. The molecule has 0 aliphatic heterocycles. The maximum Gasteiger partial charge on any atom is 0.0565 e. The highest BCUT2D eigenvalue weighted by Crippen LogP contribution is 2.27. The van der Waals surface area contributed by atoms with Crippen LogP contribution in [0.2, 0.25) is 0 Å². The molecule has 0 saturated heterocycles. The molecule has 0 aromatic heterocycles. The van der Waals surface area contributed by atoms with Crippen molar-refractivity contribution in [1.29, 1.82) is 0 Å². The zero-order valence-electron chi connectivity index (χ0n) is 13.3. The molecule has 0 heterocycles. The third kappa shape index (κ3) is 3.51. The first-order chi connectivity index (χ1) is 10.6. The maximum atomic E-state index is 3.61. The molecule has 1 aromatic rings. The molecule has 2 heteroatoms. The maximum absolute atomic E-state index is 3.61. The van der Waals surface area contributed by atoms with Crippen LogP contribution in [0.15, 0.2) is 72.9 Å². The van der Waals surface area contributed by atoms with Gasteiger partial charge in [0.2, 0.25) is 0 Å². The van der Waals surface area contributed by atoms with E-state index in [9.17, 15) is 0 Å². The largest absolute Gasteiger partial charge is 0.376 e. The summed E-state index contributed by atoms with van der Waals surface area (Å²) in [4.78, 5) is 0. The van der Waals surface area contributed by atoms with Gasteiger partial charge in [-0.3, -0.25) is 0 Å². The van der Waals surface area contributed by atoms with E-state index in [-0.39, 0.29) is 11.1 Å². The second-order valence-electron chi connectivity index (χ2n) is 6.65. The monoisotopic (exact) mass is 292 g/mol. The van der Waals surface area contributed by atoms with E-state index in [1.165, 1.54) is 0 Å². The highest BCUT2D eigenvalue weighted by atomic mass is 15.0. The topological polar surface area (TPSA) is 24.1 Å². The van der Waals surface area contributed by atoms with Gasteiger partial charge in [0.15, 0.2) is 0 Å². The van der Waals surface area contributed by atoms with Crippen LogP contribution in [0, 0.1) is 0 Å². The van der Waals surface area contributed by atoms with E-state index in [1.54, 1.807) is 0 Å². The van der Waals surface area contributed by atoms with E-state index in [0.717, 1.165) is 24.2 Å². The number of allylic oxidation sites excluding steroid dienone is 4. The van der Waals surface area contributed by atoms with Crippen LogP contribution >= 0.6 is 0 Å². The molecule has 0 bridgehead atoms. The van der Waals surface area contributed by atoms with Crippen molar-refractivity contribution in [1.82, 2.24) is 0 Å². The number of benzene rings is 1. The first-order valence-corrected chi connectivity index (χ1v) is 7.92. The SMILES string of the molecule is CC1(Nc2ccc(NC3(C)C=CC=CC3)cc2)C=CC=CC1. The molecule has 2 atom stereocenters. The Balaban J connectivity index is 1.65. The molecule has 2 aliphatic carbocycles. The zero-order chi connectivity index (χ0) is 15.5. The Morgan fingerprint density at radius 2 is 1.09 bits per heavy atom. The first kappa shape index (κ1) is 14.7. The summed E-state index contributed by atoms with van der Waals surface area (Å²) < 4.78 is 0. The summed E-state index contributed by atoms with van der Waals surface area (Å²) in [6.45, 7) is 4.44. The van der Waals surface area contributed by atoms with Gasteiger partial charge in [-0.05, 0) is 51.0 Å². The van der Waals surface area contributed by atoms with Gasteiger partial charge in [0.25, 0.3) is 0 Å². The predicted octanol–water partition coefficient (Wildman–Crippen LogP) is 5.06. The molecule has 114 valence electrons. The number of nitrogens with one attached hydrogen (secondary N) is 2. The van der Waals surface area contributed by atoms with Gasteiger partial charge in [-0.2, -0.15) is 0 Å². The van der Waals surface area contributed by atoms with Gasteiger partial charge in [-0.1, -0.05) is 48.6 Å². The second-order valence-corrected chi connectivity index (χ2v) is 6.65. The lowest BCUT2D eigenvalue weighted by atomic mass is 9.92. The van der Waals surface area contributed by atoms with Crippen LogP contribution in [-0.4, -0.2) is 11.1 Å². The molecule has 0 amide bonds. The molecule has 0 spiro atoms. The highest BCUT2D eigenvalue weighted by Gasteiger charge is 2.21. The van der Waals surface area contributed by atoms with E-state index < -0.39 is 0 Å². The Morgan fingerprint density at radius 3 is 1.41 bits per heavy atom. The smallest absolute Gasteiger partial charge is 0.0565 e. The van der Waals surface area contributed by atoms with Crippen molar-refractivity contribution in [3.05, 3.63) is 72.9 Å². The summed E-state index contributed by atoms with van der Waals surface area (Å²) in [6, 6.07) is 8.58. The molecule has 2 N–H and O–H groups in total. The molecular formula is C20H24N2. The lowest BCUT2D eigenvalue weighted by molar-refractivity contribution is 0.638. The van der Waals surface area contributed by atoms with Gasteiger partial charge in [-0.15, -0.1) is 0 Å². The van der Waals surface area contributed by atoms with Crippen molar-refractivity contribution in [3.63, 3.8) is 0 Å². The summed E-state index contributed by atoms with van der Waals surface area (Å²) in [5.41, 5.74) is 2.31. The third-order valence-corrected chi connectivity index (χ3v) is 4.25. The molecule has 0 fully saturated rings.